The van der Waals surface area contributed by atoms with E-state index >= 15 is 0 Å². The first kappa shape index (κ1) is 9.95. The summed E-state index contributed by atoms with van der Waals surface area (Å²) in [7, 11) is 1.66. The smallest absolute Gasteiger partial charge is 0.275 e. The molecule has 0 atom stereocenters. The van der Waals surface area contributed by atoms with E-state index in [2.05, 4.69) is 15.6 Å². The molecule has 1 aromatic heterocycles. The third kappa shape index (κ3) is 1.93. The van der Waals surface area contributed by atoms with Crippen LogP contribution in [0.5, 0.6) is 0 Å². The molecule has 0 aromatic carbocycles. The quantitative estimate of drug-likeness (QED) is 0.721. The van der Waals surface area contributed by atoms with Crippen LogP contribution >= 0.6 is 0 Å². The minimum absolute atomic E-state index is 0.215. The van der Waals surface area contributed by atoms with Crippen molar-refractivity contribution in [1.29, 1.82) is 0 Å². The van der Waals surface area contributed by atoms with Gasteiger partial charge in [-0.15, -0.1) is 5.10 Å². The van der Waals surface area contributed by atoms with Crippen LogP contribution in [0.4, 0.5) is 5.82 Å². The van der Waals surface area contributed by atoms with Gasteiger partial charge in [0.2, 0.25) is 0 Å². The zero-order chi connectivity index (χ0) is 10.8. The van der Waals surface area contributed by atoms with E-state index < -0.39 is 0 Å². The third-order valence-electron chi connectivity index (χ3n) is 2.78. The first-order valence-electron chi connectivity index (χ1n) is 5.14. The van der Waals surface area contributed by atoms with Crippen LogP contribution in [0, 0.1) is 0 Å². The van der Waals surface area contributed by atoms with E-state index in [9.17, 15) is 4.79 Å². The number of nitrogens with one attached hydrogen (secondary N) is 1. The number of nitrogens with zero attached hydrogens (tertiary/aromatic N) is 3. The molecule has 0 radical (unpaired) electrons. The number of aryl methyl sites for hydroxylation is 1. The van der Waals surface area contributed by atoms with Crippen LogP contribution in [0.2, 0.25) is 0 Å². The van der Waals surface area contributed by atoms with Crippen LogP contribution in [-0.4, -0.2) is 26.9 Å². The lowest BCUT2D eigenvalue weighted by Gasteiger charge is -2.10. The maximum absolute atomic E-state index is 11.7. The van der Waals surface area contributed by atoms with Gasteiger partial charge in [0.05, 0.1) is 0 Å². The minimum atomic E-state index is -0.215. The Morgan fingerprint density at radius 3 is 2.73 bits per heavy atom. The van der Waals surface area contributed by atoms with Gasteiger partial charge in [0.15, 0.2) is 11.5 Å². The van der Waals surface area contributed by atoms with Gasteiger partial charge in [-0.05, 0) is 12.8 Å². The van der Waals surface area contributed by atoms with Crippen molar-refractivity contribution in [3.63, 3.8) is 0 Å². The van der Waals surface area contributed by atoms with Gasteiger partial charge < -0.3 is 11.1 Å². The van der Waals surface area contributed by atoms with Gasteiger partial charge in [-0.2, -0.15) is 0 Å². The molecule has 0 bridgehead atoms. The van der Waals surface area contributed by atoms with Crippen LogP contribution < -0.4 is 11.1 Å². The van der Waals surface area contributed by atoms with E-state index in [1.54, 1.807) is 7.05 Å². The van der Waals surface area contributed by atoms with Gasteiger partial charge in [-0.25, -0.2) is 4.68 Å². The van der Waals surface area contributed by atoms with Gasteiger partial charge in [0.25, 0.3) is 5.91 Å². The molecule has 1 amide bonds. The van der Waals surface area contributed by atoms with Crippen molar-refractivity contribution < 1.29 is 4.79 Å². The highest BCUT2D eigenvalue weighted by atomic mass is 16.2. The molecule has 15 heavy (non-hydrogen) atoms. The minimum Gasteiger partial charge on any atom is -0.382 e. The van der Waals surface area contributed by atoms with Crippen molar-refractivity contribution in [3.8, 4) is 0 Å². The highest BCUT2D eigenvalue weighted by Gasteiger charge is 2.21. The highest BCUT2D eigenvalue weighted by molar-refractivity contribution is 5.96. The van der Waals surface area contributed by atoms with E-state index in [1.165, 1.54) is 17.5 Å². The lowest BCUT2D eigenvalue weighted by molar-refractivity contribution is 0.0933. The van der Waals surface area contributed by atoms with Crippen molar-refractivity contribution in [2.45, 2.75) is 31.7 Å². The third-order valence-corrected chi connectivity index (χ3v) is 2.78. The number of carbonyl (C=O) groups excluding carboxylic acids is 1. The van der Waals surface area contributed by atoms with Crippen LogP contribution in [0.25, 0.3) is 0 Å². The van der Waals surface area contributed by atoms with Crippen molar-refractivity contribution in [2.24, 2.45) is 7.05 Å². The van der Waals surface area contributed by atoms with Crippen LogP contribution in [-0.2, 0) is 7.05 Å². The number of hydrogen-bond acceptors (Lipinski definition) is 4. The molecule has 1 aliphatic carbocycles. The molecule has 82 valence electrons. The van der Waals surface area contributed by atoms with Crippen molar-refractivity contribution in [2.75, 3.05) is 5.73 Å². The number of hydrogen-bond donors (Lipinski definition) is 2. The molecule has 6 nitrogen and oxygen atoms in total. The summed E-state index contributed by atoms with van der Waals surface area (Å²) >= 11 is 0. The second-order valence-corrected chi connectivity index (χ2v) is 3.90. The first-order valence-corrected chi connectivity index (χ1v) is 5.14. The summed E-state index contributed by atoms with van der Waals surface area (Å²) in [6, 6.07) is 0.277. The lowest BCUT2D eigenvalue weighted by Crippen LogP contribution is -2.33. The van der Waals surface area contributed by atoms with E-state index in [4.69, 9.17) is 5.73 Å². The average molecular weight is 209 g/mol. The fourth-order valence-electron chi connectivity index (χ4n) is 1.85. The SMILES string of the molecule is Cn1nnc(C(=O)NC2CCCC2)c1N. The zero-order valence-corrected chi connectivity index (χ0v) is 8.73. The van der Waals surface area contributed by atoms with Gasteiger partial charge in [0.1, 0.15) is 0 Å². The lowest BCUT2D eigenvalue weighted by atomic mass is 10.2. The Hall–Kier alpha value is -1.59. The van der Waals surface area contributed by atoms with Crippen molar-refractivity contribution in [1.82, 2.24) is 20.3 Å². The molecule has 6 heteroatoms. The van der Waals surface area contributed by atoms with E-state index in [0.717, 1.165) is 12.8 Å². The van der Waals surface area contributed by atoms with Crippen LogP contribution in [0.3, 0.4) is 0 Å². The number of nitrogen functional groups attached to an aromatic ring is 1. The van der Waals surface area contributed by atoms with Crippen molar-refractivity contribution >= 4 is 11.7 Å². The fourth-order valence-corrected chi connectivity index (χ4v) is 1.85. The maximum atomic E-state index is 11.7. The molecule has 3 N–H and O–H groups in total. The Kier molecular flexibility index (Phi) is 2.57. The molecule has 1 aliphatic rings. The Labute approximate surface area is 87.8 Å². The predicted molar refractivity (Wildman–Crippen MR) is 55.1 cm³/mol. The second kappa shape index (κ2) is 3.88. The molecule has 0 saturated heterocycles. The molecule has 1 aromatic rings. The Morgan fingerprint density at radius 1 is 1.53 bits per heavy atom. The standard InChI is InChI=1S/C9H15N5O/c1-14-8(10)7(12-13-14)9(15)11-6-4-2-3-5-6/h6H,2-5,10H2,1H3,(H,11,15). The maximum Gasteiger partial charge on any atom is 0.275 e. The highest BCUT2D eigenvalue weighted by Crippen LogP contribution is 2.18. The second-order valence-electron chi connectivity index (χ2n) is 3.90. The number of carbonyl (C=O) groups is 1. The number of amides is 1. The summed E-state index contributed by atoms with van der Waals surface area (Å²) in [5.41, 5.74) is 5.88. The van der Waals surface area contributed by atoms with Gasteiger partial charge in [-0.1, -0.05) is 18.1 Å². The van der Waals surface area contributed by atoms with Gasteiger partial charge in [0, 0.05) is 13.1 Å². The molecule has 0 aliphatic heterocycles. The topological polar surface area (TPSA) is 85.8 Å². The number of nitrogens with two attached hydrogens (primary N) is 1. The summed E-state index contributed by atoms with van der Waals surface area (Å²) in [5.74, 6) is 0.0954. The van der Waals surface area contributed by atoms with Gasteiger partial charge >= 0.3 is 0 Å². The summed E-state index contributed by atoms with van der Waals surface area (Å²) < 4.78 is 1.39. The Bertz CT molecular complexity index is 367. The average Bonchev–Trinajstić information content (AvgIpc) is 2.79. The molecular formula is C9H15N5O. The summed E-state index contributed by atoms with van der Waals surface area (Å²) in [6.07, 6.45) is 4.46. The molecule has 2 rings (SSSR count). The van der Waals surface area contributed by atoms with Crippen LogP contribution in [0.1, 0.15) is 36.2 Å². The normalized spacial score (nSPS) is 16.9. The largest absolute Gasteiger partial charge is 0.382 e. The Morgan fingerprint density at radius 2 is 2.20 bits per heavy atom. The van der Waals surface area contributed by atoms with Crippen LogP contribution in [0.15, 0.2) is 0 Å². The fraction of sp³-hybridized carbons (Fsp3) is 0.667. The zero-order valence-electron chi connectivity index (χ0n) is 8.73. The molecular weight excluding hydrogens is 194 g/mol. The van der Waals surface area contributed by atoms with E-state index in [-0.39, 0.29) is 17.6 Å². The van der Waals surface area contributed by atoms with Crippen molar-refractivity contribution in [3.05, 3.63) is 5.69 Å². The summed E-state index contributed by atoms with van der Waals surface area (Å²) in [5, 5.41) is 10.3. The first-order chi connectivity index (χ1) is 7.18. The molecule has 0 spiro atoms. The van der Waals surface area contributed by atoms with Gasteiger partial charge in [-0.3, -0.25) is 4.79 Å². The molecule has 0 unspecified atom stereocenters. The number of anilines is 1. The molecule has 1 heterocycles. The summed E-state index contributed by atoms with van der Waals surface area (Å²) in [4.78, 5) is 11.7. The number of aromatic nitrogens is 3. The molecule has 1 saturated carbocycles. The number of rotatable bonds is 2. The summed E-state index contributed by atoms with van der Waals surface area (Å²) in [6.45, 7) is 0. The monoisotopic (exact) mass is 209 g/mol. The van der Waals surface area contributed by atoms with E-state index in [1.807, 2.05) is 0 Å². The molecule has 1 fully saturated rings. The predicted octanol–water partition coefficient (Wildman–Crippen LogP) is 0.0697. The van der Waals surface area contributed by atoms with E-state index in [0.29, 0.717) is 5.82 Å². The Balaban J connectivity index is 2.04.